The van der Waals surface area contributed by atoms with E-state index < -0.39 is 0 Å². The standard InChI is InChI=1S/C19H29N/c1-4-16(2)10-11-19-15-20(14-17(19)3)13-12-18-8-6-5-7-9-18/h4,10-11,18H,1-2,5-9,12-15H2,3H3/b11-10-. The molecular formula is C19H29N. The van der Waals surface area contributed by atoms with Gasteiger partial charge in [-0.2, -0.15) is 0 Å². The van der Waals surface area contributed by atoms with Crippen LogP contribution >= 0.6 is 0 Å². The van der Waals surface area contributed by atoms with Crippen LogP contribution in [0.4, 0.5) is 0 Å². The molecule has 2 aliphatic rings. The molecule has 1 saturated carbocycles. The monoisotopic (exact) mass is 271 g/mol. The van der Waals surface area contributed by atoms with Crippen molar-refractivity contribution in [1.29, 1.82) is 0 Å². The zero-order chi connectivity index (χ0) is 14.4. The Balaban J connectivity index is 1.76. The highest BCUT2D eigenvalue weighted by Crippen LogP contribution is 2.27. The Morgan fingerprint density at radius 1 is 1.25 bits per heavy atom. The Labute approximate surface area is 124 Å². The van der Waals surface area contributed by atoms with E-state index in [1.165, 1.54) is 56.2 Å². The molecule has 1 fully saturated rings. The molecule has 0 aromatic heterocycles. The first-order valence-electron chi connectivity index (χ1n) is 8.09. The van der Waals surface area contributed by atoms with Crippen molar-refractivity contribution >= 4 is 0 Å². The predicted octanol–water partition coefficient (Wildman–Crippen LogP) is 4.89. The molecule has 0 radical (unpaired) electrons. The van der Waals surface area contributed by atoms with Crippen LogP contribution in [0.3, 0.4) is 0 Å². The second-order valence-electron chi connectivity index (χ2n) is 6.42. The molecule has 1 aliphatic carbocycles. The van der Waals surface area contributed by atoms with Crippen molar-refractivity contribution in [2.45, 2.75) is 45.4 Å². The van der Waals surface area contributed by atoms with E-state index in [-0.39, 0.29) is 0 Å². The lowest BCUT2D eigenvalue weighted by molar-refractivity contribution is 0.269. The van der Waals surface area contributed by atoms with Crippen LogP contribution in [0, 0.1) is 5.92 Å². The van der Waals surface area contributed by atoms with Crippen molar-refractivity contribution in [2.24, 2.45) is 5.92 Å². The summed E-state index contributed by atoms with van der Waals surface area (Å²) in [5.74, 6) is 0.990. The molecule has 20 heavy (non-hydrogen) atoms. The van der Waals surface area contributed by atoms with Crippen LogP contribution in [-0.4, -0.2) is 24.5 Å². The normalized spacial score (nSPS) is 21.9. The molecule has 0 aromatic rings. The van der Waals surface area contributed by atoms with Gasteiger partial charge in [-0.15, -0.1) is 0 Å². The highest BCUT2D eigenvalue weighted by Gasteiger charge is 2.19. The van der Waals surface area contributed by atoms with E-state index in [0.717, 1.165) is 24.6 Å². The first-order valence-corrected chi connectivity index (χ1v) is 8.09. The van der Waals surface area contributed by atoms with Gasteiger partial charge >= 0.3 is 0 Å². The Morgan fingerprint density at radius 3 is 2.70 bits per heavy atom. The summed E-state index contributed by atoms with van der Waals surface area (Å²) in [6.45, 7) is 13.5. The van der Waals surface area contributed by atoms with Crippen molar-refractivity contribution in [3.63, 3.8) is 0 Å². The molecule has 2 rings (SSSR count). The first-order chi connectivity index (χ1) is 9.69. The van der Waals surface area contributed by atoms with E-state index in [2.05, 4.69) is 37.1 Å². The van der Waals surface area contributed by atoms with Gasteiger partial charge in [0.15, 0.2) is 0 Å². The molecule has 1 aliphatic heterocycles. The summed E-state index contributed by atoms with van der Waals surface area (Å²) in [6, 6.07) is 0. The van der Waals surface area contributed by atoms with Gasteiger partial charge in [-0.05, 0) is 37.0 Å². The molecule has 0 atom stereocenters. The zero-order valence-electron chi connectivity index (χ0n) is 13.0. The minimum absolute atomic E-state index is 0.990. The summed E-state index contributed by atoms with van der Waals surface area (Å²) in [5.41, 5.74) is 3.98. The number of hydrogen-bond donors (Lipinski definition) is 0. The molecular weight excluding hydrogens is 242 g/mol. The summed E-state index contributed by atoms with van der Waals surface area (Å²) >= 11 is 0. The predicted molar refractivity (Wildman–Crippen MR) is 88.8 cm³/mol. The number of allylic oxidation sites excluding steroid dienone is 3. The second kappa shape index (κ2) is 7.64. The molecule has 1 heterocycles. The lowest BCUT2D eigenvalue weighted by Gasteiger charge is -2.24. The molecule has 0 spiro atoms. The van der Waals surface area contributed by atoms with Crippen LogP contribution in [0.1, 0.15) is 45.4 Å². The molecule has 0 aromatic carbocycles. The Morgan fingerprint density at radius 2 is 2.00 bits per heavy atom. The van der Waals surface area contributed by atoms with Gasteiger partial charge in [-0.3, -0.25) is 4.90 Å². The van der Waals surface area contributed by atoms with Gasteiger partial charge in [-0.1, -0.05) is 69.1 Å². The van der Waals surface area contributed by atoms with E-state index in [1.54, 1.807) is 0 Å². The Kier molecular flexibility index (Phi) is 5.85. The quantitative estimate of drug-likeness (QED) is 0.622. The molecule has 0 bridgehead atoms. The first kappa shape index (κ1) is 15.3. The Bertz CT molecular complexity index is 407. The molecule has 1 nitrogen and oxygen atoms in total. The van der Waals surface area contributed by atoms with Gasteiger partial charge < -0.3 is 0 Å². The van der Waals surface area contributed by atoms with Crippen LogP contribution in [0.25, 0.3) is 0 Å². The smallest absolute Gasteiger partial charge is 0.0237 e. The number of rotatable bonds is 6. The second-order valence-corrected chi connectivity index (χ2v) is 6.42. The van der Waals surface area contributed by atoms with Gasteiger partial charge in [0.25, 0.3) is 0 Å². The van der Waals surface area contributed by atoms with E-state index in [0.29, 0.717) is 0 Å². The molecule has 0 N–H and O–H groups in total. The molecule has 1 heteroatoms. The third kappa shape index (κ3) is 4.49. The zero-order valence-corrected chi connectivity index (χ0v) is 13.0. The van der Waals surface area contributed by atoms with Gasteiger partial charge in [0.1, 0.15) is 0 Å². The van der Waals surface area contributed by atoms with Crippen molar-refractivity contribution < 1.29 is 0 Å². The van der Waals surface area contributed by atoms with E-state index in [4.69, 9.17) is 0 Å². The van der Waals surface area contributed by atoms with Crippen LogP contribution in [0.15, 0.2) is 48.1 Å². The topological polar surface area (TPSA) is 3.24 Å². The minimum atomic E-state index is 0.990. The number of hydrogen-bond acceptors (Lipinski definition) is 1. The lowest BCUT2D eigenvalue weighted by atomic mass is 9.87. The van der Waals surface area contributed by atoms with Crippen molar-refractivity contribution in [1.82, 2.24) is 4.90 Å². The minimum Gasteiger partial charge on any atom is -0.295 e. The van der Waals surface area contributed by atoms with Gasteiger partial charge in [-0.25, -0.2) is 0 Å². The maximum atomic E-state index is 3.93. The number of nitrogens with zero attached hydrogens (tertiary/aromatic N) is 1. The third-order valence-electron chi connectivity index (χ3n) is 4.74. The molecule has 0 unspecified atom stereocenters. The summed E-state index contributed by atoms with van der Waals surface area (Å²) in [5, 5.41) is 0. The summed E-state index contributed by atoms with van der Waals surface area (Å²) < 4.78 is 0. The van der Waals surface area contributed by atoms with Crippen LogP contribution < -0.4 is 0 Å². The van der Waals surface area contributed by atoms with Gasteiger partial charge in [0.2, 0.25) is 0 Å². The van der Waals surface area contributed by atoms with Crippen LogP contribution in [0.5, 0.6) is 0 Å². The Hall–Kier alpha value is -1.08. The van der Waals surface area contributed by atoms with Gasteiger partial charge in [0, 0.05) is 13.1 Å². The van der Waals surface area contributed by atoms with Crippen molar-refractivity contribution in [3.05, 3.63) is 48.1 Å². The highest BCUT2D eigenvalue weighted by atomic mass is 15.1. The largest absolute Gasteiger partial charge is 0.295 e. The SMILES string of the molecule is C=CC(=C)/C=C\C1=C(C)CN(CCC2CCCCC2)C1. The molecule has 0 amide bonds. The molecule has 0 saturated heterocycles. The maximum Gasteiger partial charge on any atom is 0.0237 e. The highest BCUT2D eigenvalue weighted by molar-refractivity contribution is 5.37. The van der Waals surface area contributed by atoms with E-state index in [9.17, 15) is 0 Å². The van der Waals surface area contributed by atoms with Gasteiger partial charge in [0.05, 0.1) is 0 Å². The van der Waals surface area contributed by atoms with Crippen LogP contribution in [0.2, 0.25) is 0 Å². The van der Waals surface area contributed by atoms with Crippen LogP contribution in [-0.2, 0) is 0 Å². The average molecular weight is 271 g/mol. The van der Waals surface area contributed by atoms with Crippen molar-refractivity contribution in [2.75, 3.05) is 19.6 Å². The maximum absolute atomic E-state index is 3.93. The molecule has 110 valence electrons. The fourth-order valence-corrected chi connectivity index (χ4v) is 3.34. The lowest BCUT2D eigenvalue weighted by Crippen LogP contribution is -2.25. The fourth-order valence-electron chi connectivity index (χ4n) is 3.34. The summed E-state index contributed by atoms with van der Waals surface area (Å²) in [6.07, 6.45) is 14.8. The summed E-state index contributed by atoms with van der Waals surface area (Å²) in [7, 11) is 0. The third-order valence-corrected chi connectivity index (χ3v) is 4.74. The van der Waals surface area contributed by atoms with Crippen molar-refractivity contribution in [3.8, 4) is 0 Å². The van der Waals surface area contributed by atoms with E-state index >= 15 is 0 Å². The summed E-state index contributed by atoms with van der Waals surface area (Å²) in [4.78, 5) is 2.60. The average Bonchev–Trinajstić information content (AvgIpc) is 2.84. The van der Waals surface area contributed by atoms with E-state index in [1.807, 2.05) is 6.08 Å². The fraction of sp³-hybridized carbons (Fsp3) is 0.579.